The number of aromatic nitrogens is 1. The van der Waals surface area contributed by atoms with Crippen LogP contribution >= 0.6 is 0 Å². The Morgan fingerprint density at radius 1 is 1.56 bits per heavy atom. The lowest BCUT2D eigenvalue weighted by molar-refractivity contribution is 0.452. The number of pyridine rings is 1. The van der Waals surface area contributed by atoms with E-state index in [0.717, 1.165) is 0 Å². The van der Waals surface area contributed by atoms with Crippen LogP contribution in [0, 0.1) is 6.92 Å². The molecule has 1 aromatic rings. The van der Waals surface area contributed by atoms with Crippen molar-refractivity contribution in [2.75, 3.05) is 5.73 Å². The zero-order valence-corrected chi connectivity index (χ0v) is 5.13. The molecule has 1 heterocycles. The molecular weight excluding hydrogens is 116 g/mol. The second kappa shape index (κ2) is 1.93. The van der Waals surface area contributed by atoms with E-state index in [4.69, 9.17) is 10.8 Å². The Balaban J connectivity index is 3.17. The van der Waals surface area contributed by atoms with E-state index < -0.39 is 0 Å². The predicted molar refractivity (Wildman–Crippen MR) is 35.1 cm³/mol. The van der Waals surface area contributed by atoms with Gasteiger partial charge in [-0.1, -0.05) is 0 Å². The van der Waals surface area contributed by atoms with Crippen molar-refractivity contribution < 1.29 is 5.11 Å². The number of nitrogens with two attached hydrogens (primary N) is 1. The number of hydrogen-bond acceptors (Lipinski definition) is 3. The Bertz CT molecular complexity index is 222. The molecule has 3 N–H and O–H groups in total. The summed E-state index contributed by atoms with van der Waals surface area (Å²) in [5, 5.41) is 8.77. The van der Waals surface area contributed by atoms with Crippen molar-refractivity contribution in [2.24, 2.45) is 0 Å². The van der Waals surface area contributed by atoms with E-state index in [9.17, 15) is 0 Å². The van der Waals surface area contributed by atoms with E-state index >= 15 is 0 Å². The van der Waals surface area contributed by atoms with Crippen LogP contribution < -0.4 is 5.73 Å². The summed E-state index contributed by atoms with van der Waals surface area (Å²) in [6.07, 6.45) is 0. The van der Waals surface area contributed by atoms with Gasteiger partial charge in [0.05, 0.1) is 11.4 Å². The van der Waals surface area contributed by atoms with Gasteiger partial charge in [-0.25, -0.2) is 4.98 Å². The van der Waals surface area contributed by atoms with Gasteiger partial charge in [-0.2, -0.15) is 0 Å². The molecule has 0 aliphatic heterocycles. The molecule has 0 amide bonds. The van der Waals surface area contributed by atoms with Crippen LogP contribution in [0.15, 0.2) is 12.1 Å². The number of hydrogen-bond donors (Lipinski definition) is 2. The first-order chi connectivity index (χ1) is 4.20. The fourth-order valence-corrected chi connectivity index (χ4v) is 0.559. The highest BCUT2D eigenvalue weighted by Gasteiger charge is 1.93. The molecule has 3 heteroatoms. The topological polar surface area (TPSA) is 59.1 Å². The predicted octanol–water partition coefficient (Wildman–Crippen LogP) is 0.678. The van der Waals surface area contributed by atoms with Crippen molar-refractivity contribution in [2.45, 2.75) is 6.92 Å². The largest absolute Gasteiger partial charge is 0.493 e. The van der Waals surface area contributed by atoms with E-state index in [-0.39, 0.29) is 5.88 Å². The van der Waals surface area contributed by atoms with Crippen LogP contribution in [0.3, 0.4) is 0 Å². The smallest absolute Gasteiger partial charge is 0.211 e. The van der Waals surface area contributed by atoms with E-state index in [0.29, 0.717) is 11.4 Å². The van der Waals surface area contributed by atoms with Gasteiger partial charge in [0.1, 0.15) is 0 Å². The number of anilines is 1. The van der Waals surface area contributed by atoms with Crippen LogP contribution in [0.5, 0.6) is 5.88 Å². The number of rotatable bonds is 0. The molecule has 0 spiro atoms. The van der Waals surface area contributed by atoms with Crippen LogP contribution in [-0.4, -0.2) is 10.1 Å². The fraction of sp³-hybridized carbons (Fsp3) is 0.167. The summed E-state index contributed by atoms with van der Waals surface area (Å²) in [6.45, 7) is 1.75. The Morgan fingerprint density at radius 2 is 2.22 bits per heavy atom. The summed E-state index contributed by atoms with van der Waals surface area (Å²) in [7, 11) is 0. The lowest BCUT2D eigenvalue weighted by atomic mass is 10.3. The third-order valence-electron chi connectivity index (χ3n) is 1.11. The summed E-state index contributed by atoms with van der Waals surface area (Å²) < 4.78 is 0. The Kier molecular flexibility index (Phi) is 1.26. The monoisotopic (exact) mass is 124 g/mol. The second-order valence-electron chi connectivity index (χ2n) is 1.84. The quantitative estimate of drug-likeness (QED) is 0.534. The Labute approximate surface area is 53.2 Å². The lowest BCUT2D eigenvalue weighted by Crippen LogP contribution is -1.90. The van der Waals surface area contributed by atoms with Crippen molar-refractivity contribution in [3.8, 4) is 5.88 Å². The average molecular weight is 124 g/mol. The van der Waals surface area contributed by atoms with Crippen LogP contribution in [0.2, 0.25) is 0 Å². The molecule has 9 heavy (non-hydrogen) atoms. The summed E-state index contributed by atoms with van der Waals surface area (Å²) in [5.74, 6) is 0.0155. The van der Waals surface area contributed by atoms with Gasteiger partial charge in [-0.15, -0.1) is 0 Å². The maximum atomic E-state index is 8.77. The maximum absolute atomic E-state index is 8.77. The molecular formula is C6H8N2O. The molecule has 0 atom stereocenters. The molecule has 1 rings (SSSR count). The van der Waals surface area contributed by atoms with Gasteiger partial charge in [0.2, 0.25) is 5.88 Å². The minimum Gasteiger partial charge on any atom is -0.493 e. The van der Waals surface area contributed by atoms with Crippen LogP contribution in [0.25, 0.3) is 0 Å². The minimum atomic E-state index is 0.0155. The molecule has 0 aliphatic rings. The molecule has 0 fully saturated rings. The summed E-state index contributed by atoms with van der Waals surface area (Å²) in [5.41, 5.74) is 6.68. The first kappa shape index (κ1) is 5.88. The van der Waals surface area contributed by atoms with E-state index in [1.54, 1.807) is 13.0 Å². The van der Waals surface area contributed by atoms with Gasteiger partial charge in [-0.05, 0) is 13.0 Å². The zero-order valence-electron chi connectivity index (χ0n) is 5.13. The van der Waals surface area contributed by atoms with Gasteiger partial charge in [0.15, 0.2) is 0 Å². The highest BCUT2D eigenvalue weighted by atomic mass is 16.3. The summed E-state index contributed by atoms with van der Waals surface area (Å²) >= 11 is 0. The second-order valence-corrected chi connectivity index (χ2v) is 1.84. The number of aromatic hydroxyl groups is 1. The number of aryl methyl sites for hydroxylation is 1. The van der Waals surface area contributed by atoms with Crippen molar-refractivity contribution in [1.82, 2.24) is 4.98 Å². The van der Waals surface area contributed by atoms with Crippen LogP contribution in [-0.2, 0) is 0 Å². The minimum absolute atomic E-state index is 0.0155. The van der Waals surface area contributed by atoms with Gasteiger partial charge in [0, 0.05) is 6.07 Å². The molecule has 1 aromatic heterocycles. The molecule has 0 aliphatic carbocycles. The number of nitrogen functional groups attached to an aromatic ring is 1. The van der Waals surface area contributed by atoms with Crippen LogP contribution in [0.1, 0.15) is 5.69 Å². The van der Waals surface area contributed by atoms with Crippen molar-refractivity contribution in [3.05, 3.63) is 17.8 Å². The lowest BCUT2D eigenvalue weighted by Gasteiger charge is -1.96. The highest BCUT2D eigenvalue weighted by molar-refractivity contribution is 5.43. The normalized spacial score (nSPS) is 9.44. The standard InChI is InChI=1S/C6H8N2O/c1-4-5(7)2-3-6(9)8-4/h2-3H,7H2,1H3,(H,8,9). The van der Waals surface area contributed by atoms with Crippen molar-refractivity contribution in [1.29, 1.82) is 0 Å². The average Bonchev–Trinajstić information content (AvgIpc) is 1.80. The Morgan fingerprint density at radius 3 is 2.67 bits per heavy atom. The van der Waals surface area contributed by atoms with E-state index in [1.165, 1.54) is 6.07 Å². The first-order valence-corrected chi connectivity index (χ1v) is 2.62. The number of nitrogens with zero attached hydrogens (tertiary/aromatic N) is 1. The maximum Gasteiger partial charge on any atom is 0.211 e. The Hall–Kier alpha value is -1.25. The molecule has 0 unspecified atom stereocenters. The SMILES string of the molecule is Cc1nc(O)ccc1N. The molecule has 0 bridgehead atoms. The van der Waals surface area contributed by atoms with Crippen LogP contribution in [0.4, 0.5) is 5.69 Å². The zero-order chi connectivity index (χ0) is 6.85. The third-order valence-corrected chi connectivity index (χ3v) is 1.11. The third kappa shape index (κ3) is 1.10. The highest BCUT2D eigenvalue weighted by Crippen LogP contribution is 2.11. The summed E-state index contributed by atoms with van der Waals surface area (Å²) in [4.78, 5) is 3.70. The molecule has 0 aromatic carbocycles. The van der Waals surface area contributed by atoms with Crippen molar-refractivity contribution >= 4 is 5.69 Å². The molecule has 0 radical (unpaired) electrons. The van der Waals surface area contributed by atoms with Gasteiger partial charge >= 0.3 is 0 Å². The molecule has 0 saturated heterocycles. The van der Waals surface area contributed by atoms with Gasteiger partial charge < -0.3 is 10.8 Å². The van der Waals surface area contributed by atoms with E-state index in [1.807, 2.05) is 0 Å². The molecule has 3 nitrogen and oxygen atoms in total. The van der Waals surface area contributed by atoms with E-state index in [2.05, 4.69) is 4.98 Å². The first-order valence-electron chi connectivity index (χ1n) is 2.62. The molecule has 0 saturated carbocycles. The summed E-state index contributed by atoms with van der Waals surface area (Å²) in [6, 6.07) is 3.08. The fourth-order valence-electron chi connectivity index (χ4n) is 0.559. The van der Waals surface area contributed by atoms with Crippen molar-refractivity contribution in [3.63, 3.8) is 0 Å². The molecule has 48 valence electrons. The van der Waals surface area contributed by atoms with Gasteiger partial charge in [0.25, 0.3) is 0 Å². The van der Waals surface area contributed by atoms with Gasteiger partial charge in [-0.3, -0.25) is 0 Å².